The second-order valence-corrected chi connectivity index (χ2v) is 3.01. The average Bonchev–Trinajstić information content (AvgIpc) is 2.65. The molecule has 1 N–H and O–H groups in total. The number of nitrogens with one attached hydrogen (secondary N) is 1. The van der Waals surface area contributed by atoms with Crippen LogP contribution in [0.3, 0.4) is 0 Å². The number of aromatic amines is 1. The molecule has 76 valence electrons. The summed E-state index contributed by atoms with van der Waals surface area (Å²) in [7, 11) is 0. The average molecular weight is 223 g/mol. The third-order valence-corrected chi connectivity index (χ3v) is 1.90. The topological polar surface area (TPSA) is 89.6 Å². The van der Waals surface area contributed by atoms with Crippen LogP contribution in [0.1, 0.15) is 0 Å². The molecule has 0 aromatic carbocycles. The molecule has 8 heteroatoms. The van der Waals surface area contributed by atoms with Crippen LogP contribution in [0.4, 0.5) is 5.82 Å². The van der Waals surface area contributed by atoms with E-state index in [0.717, 1.165) is 4.68 Å². The second kappa shape index (κ2) is 3.58. The van der Waals surface area contributed by atoms with Gasteiger partial charge in [0, 0.05) is 12.3 Å². The van der Waals surface area contributed by atoms with Crippen LogP contribution in [0, 0.1) is 14.9 Å². The van der Waals surface area contributed by atoms with Crippen LogP contribution in [-0.2, 0) is 0 Å². The van der Waals surface area contributed by atoms with E-state index in [4.69, 9.17) is 12.2 Å². The van der Waals surface area contributed by atoms with Crippen molar-refractivity contribution in [3.63, 3.8) is 0 Å². The smallest absolute Gasteiger partial charge is 0.351 e. The fourth-order valence-corrected chi connectivity index (χ4v) is 1.27. The van der Waals surface area contributed by atoms with E-state index in [1.54, 1.807) is 6.07 Å². The Labute approximate surface area is 88.5 Å². The molecule has 0 saturated carbocycles. The van der Waals surface area contributed by atoms with E-state index in [0.29, 0.717) is 5.82 Å². The predicted molar refractivity (Wildman–Crippen MR) is 53.2 cm³/mol. The number of hydrogen-bond acceptors (Lipinski definition) is 5. The predicted octanol–water partition coefficient (Wildman–Crippen LogP) is 1.23. The van der Waals surface area contributed by atoms with Crippen LogP contribution in [0.25, 0.3) is 5.82 Å². The second-order valence-electron chi connectivity index (χ2n) is 2.62. The maximum atomic E-state index is 10.6. The highest BCUT2D eigenvalue weighted by molar-refractivity contribution is 7.71. The van der Waals surface area contributed by atoms with E-state index < -0.39 is 4.92 Å². The number of hydrogen-bond donors (Lipinski definition) is 1. The summed E-state index contributed by atoms with van der Waals surface area (Å²) in [5, 5.41) is 14.4. The van der Waals surface area contributed by atoms with E-state index in [1.165, 1.54) is 18.5 Å². The van der Waals surface area contributed by atoms with E-state index in [2.05, 4.69) is 15.1 Å². The molecule has 0 bridgehead atoms. The molecule has 0 amide bonds. The third-order valence-electron chi connectivity index (χ3n) is 1.70. The Kier molecular flexibility index (Phi) is 2.26. The summed E-state index contributed by atoms with van der Waals surface area (Å²) in [5.41, 5.74) is 0. The van der Waals surface area contributed by atoms with Crippen LogP contribution < -0.4 is 0 Å². The summed E-state index contributed by atoms with van der Waals surface area (Å²) in [6.07, 6.45) is 2.80. The molecule has 0 unspecified atom stereocenters. The normalized spacial score (nSPS) is 10.1. The Morgan fingerprint density at radius 3 is 2.93 bits per heavy atom. The minimum atomic E-state index is -0.523. The zero-order valence-electron chi connectivity index (χ0n) is 7.32. The quantitative estimate of drug-likeness (QED) is 0.470. The van der Waals surface area contributed by atoms with Gasteiger partial charge in [0.05, 0.1) is 12.3 Å². The maximum Gasteiger partial charge on any atom is 0.351 e. The molecule has 7 nitrogen and oxygen atoms in total. The Morgan fingerprint density at radius 1 is 1.47 bits per heavy atom. The Morgan fingerprint density at radius 2 is 2.27 bits per heavy atom. The minimum absolute atomic E-state index is 0.133. The van der Waals surface area contributed by atoms with Crippen LogP contribution in [0.5, 0.6) is 0 Å². The van der Waals surface area contributed by atoms with Gasteiger partial charge in [0.1, 0.15) is 0 Å². The molecular weight excluding hydrogens is 218 g/mol. The van der Waals surface area contributed by atoms with Gasteiger partial charge in [-0.3, -0.25) is 4.98 Å². The van der Waals surface area contributed by atoms with E-state index in [9.17, 15) is 10.1 Å². The molecule has 0 fully saturated rings. The Balaban J connectivity index is 2.59. The summed E-state index contributed by atoms with van der Waals surface area (Å²) in [4.78, 5) is 16.6. The van der Waals surface area contributed by atoms with Gasteiger partial charge in [-0.1, -0.05) is 9.78 Å². The van der Waals surface area contributed by atoms with Gasteiger partial charge in [0.25, 0.3) is 0 Å². The summed E-state index contributed by atoms with van der Waals surface area (Å²) >= 11 is 4.80. The van der Waals surface area contributed by atoms with Crippen molar-refractivity contribution in [1.82, 2.24) is 19.7 Å². The number of aromatic nitrogens is 4. The zero-order valence-corrected chi connectivity index (χ0v) is 8.14. The standard InChI is InChI=1S/C7H5N5O2S/c13-12(14)6-2-4-9-11(6)5-1-3-8-7(15)10-5/h1-4H,(H,8,10,15). The monoisotopic (exact) mass is 223 g/mol. The molecule has 0 aliphatic heterocycles. The fraction of sp³-hybridized carbons (Fsp3) is 0. The van der Waals surface area contributed by atoms with Crippen molar-refractivity contribution in [2.24, 2.45) is 0 Å². The first-order chi connectivity index (χ1) is 7.18. The fourth-order valence-electron chi connectivity index (χ4n) is 1.10. The van der Waals surface area contributed by atoms with Crippen molar-refractivity contribution in [2.75, 3.05) is 0 Å². The Hall–Kier alpha value is -2.09. The highest BCUT2D eigenvalue weighted by Crippen LogP contribution is 2.13. The molecule has 0 saturated heterocycles. The van der Waals surface area contributed by atoms with Gasteiger partial charge < -0.3 is 10.1 Å². The number of nitro groups is 1. The molecular formula is C7H5N5O2S. The molecule has 0 atom stereocenters. The van der Waals surface area contributed by atoms with Crippen molar-refractivity contribution < 1.29 is 4.92 Å². The highest BCUT2D eigenvalue weighted by Gasteiger charge is 2.15. The van der Waals surface area contributed by atoms with Gasteiger partial charge in [-0.2, -0.15) is 0 Å². The molecule has 0 aliphatic carbocycles. The molecule has 15 heavy (non-hydrogen) atoms. The van der Waals surface area contributed by atoms with Crippen molar-refractivity contribution in [2.45, 2.75) is 0 Å². The molecule has 2 heterocycles. The third kappa shape index (κ3) is 1.74. The van der Waals surface area contributed by atoms with Crippen molar-refractivity contribution in [3.8, 4) is 5.82 Å². The molecule has 0 radical (unpaired) electrons. The van der Waals surface area contributed by atoms with Crippen LogP contribution in [-0.4, -0.2) is 24.7 Å². The van der Waals surface area contributed by atoms with Crippen molar-refractivity contribution in [1.29, 1.82) is 0 Å². The lowest BCUT2D eigenvalue weighted by molar-refractivity contribution is -0.391. The molecule has 2 aromatic rings. The molecule has 0 aliphatic rings. The molecule has 2 aromatic heterocycles. The highest BCUT2D eigenvalue weighted by atomic mass is 32.1. The summed E-state index contributed by atoms with van der Waals surface area (Å²) < 4.78 is 1.40. The molecule has 0 spiro atoms. The maximum absolute atomic E-state index is 10.6. The van der Waals surface area contributed by atoms with Gasteiger partial charge in [0.15, 0.2) is 4.77 Å². The SMILES string of the molecule is O=[N+]([O-])c1ccnn1-c1ccnc(=S)[nH]1. The van der Waals surface area contributed by atoms with E-state index >= 15 is 0 Å². The number of rotatable bonds is 2. The zero-order chi connectivity index (χ0) is 10.8. The number of nitrogens with zero attached hydrogens (tertiary/aromatic N) is 4. The summed E-state index contributed by atoms with van der Waals surface area (Å²) in [6, 6.07) is 2.85. The number of H-pyrrole nitrogens is 1. The lowest BCUT2D eigenvalue weighted by Crippen LogP contribution is -2.04. The first-order valence-electron chi connectivity index (χ1n) is 3.92. The lowest BCUT2D eigenvalue weighted by atomic mass is 10.5. The van der Waals surface area contributed by atoms with Crippen LogP contribution >= 0.6 is 12.2 Å². The first kappa shape index (κ1) is 9.46. The lowest BCUT2D eigenvalue weighted by Gasteiger charge is -1.97. The summed E-state index contributed by atoms with van der Waals surface area (Å²) in [5.74, 6) is 0.276. The van der Waals surface area contributed by atoms with Crippen LogP contribution in [0.15, 0.2) is 24.5 Å². The summed E-state index contributed by atoms with van der Waals surface area (Å²) in [6.45, 7) is 0. The first-order valence-corrected chi connectivity index (χ1v) is 4.33. The largest absolute Gasteiger partial charge is 0.358 e. The molecule has 2 rings (SSSR count). The van der Waals surface area contributed by atoms with E-state index in [1.807, 2.05) is 0 Å². The van der Waals surface area contributed by atoms with Gasteiger partial charge in [0.2, 0.25) is 5.82 Å². The minimum Gasteiger partial charge on any atom is -0.358 e. The van der Waals surface area contributed by atoms with Gasteiger partial charge >= 0.3 is 5.82 Å². The van der Waals surface area contributed by atoms with Gasteiger partial charge in [-0.25, -0.2) is 4.98 Å². The van der Waals surface area contributed by atoms with Crippen LogP contribution in [0.2, 0.25) is 0 Å². The Bertz CT molecular complexity index is 560. The van der Waals surface area contributed by atoms with E-state index in [-0.39, 0.29) is 10.6 Å². The van der Waals surface area contributed by atoms with Gasteiger partial charge in [-0.15, -0.1) is 0 Å². The van der Waals surface area contributed by atoms with Crippen molar-refractivity contribution >= 4 is 18.0 Å². The van der Waals surface area contributed by atoms with Gasteiger partial charge in [-0.05, 0) is 17.1 Å². The van der Waals surface area contributed by atoms with Crippen molar-refractivity contribution in [3.05, 3.63) is 39.4 Å².